The van der Waals surface area contributed by atoms with Gasteiger partial charge in [0, 0.05) is 31.5 Å². The number of rotatable bonds is 2. The average molecular weight is 359 g/mol. The summed E-state index contributed by atoms with van der Waals surface area (Å²) < 4.78 is 0.940. The van der Waals surface area contributed by atoms with Gasteiger partial charge >= 0.3 is 0 Å². The first-order valence-corrected chi connectivity index (χ1v) is 8.24. The van der Waals surface area contributed by atoms with E-state index in [9.17, 15) is 0 Å². The largest absolute Gasteiger partial charge is 0.398 e. The van der Waals surface area contributed by atoms with Crippen molar-refractivity contribution in [1.82, 2.24) is 4.98 Å². The minimum Gasteiger partial charge on any atom is -0.398 e. The molecule has 2 N–H and O–H groups in total. The van der Waals surface area contributed by atoms with Crippen molar-refractivity contribution in [2.75, 3.05) is 5.73 Å². The molecule has 0 radical (unpaired) electrons. The van der Waals surface area contributed by atoms with E-state index in [1.54, 1.807) is 11.8 Å². The van der Waals surface area contributed by atoms with Gasteiger partial charge in [0.25, 0.3) is 0 Å². The molecule has 21 heavy (non-hydrogen) atoms. The lowest BCUT2D eigenvalue weighted by Crippen LogP contribution is -1.91. The Morgan fingerprint density at radius 3 is 2.57 bits per heavy atom. The van der Waals surface area contributed by atoms with E-state index in [0.29, 0.717) is 0 Å². The zero-order valence-electron chi connectivity index (χ0n) is 11.9. The van der Waals surface area contributed by atoms with E-state index >= 15 is 0 Å². The molecule has 0 atom stereocenters. The minimum atomic E-state index is 0.753. The summed E-state index contributed by atoms with van der Waals surface area (Å²) in [6.45, 7) is 4.25. The standard InChI is InChI=1S/C17H15BrN2S/c1-10-3-5-15(11(2)7-10)21-16-6-4-14(19)13-8-12(18)9-20-17(13)16/h3-9H,19H2,1-2H3. The summed E-state index contributed by atoms with van der Waals surface area (Å²) in [5.41, 5.74) is 10.3. The van der Waals surface area contributed by atoms with E-state index in [2.05, 4.69) is 53.0 Å². The zero-order valence-corrected chi connectivity index (χ0v) is 14.3. The maximum absolute atomic E-state index is 6.07. The molecule has 1 aromatic heterocycles. The van der Waals surface area contributed by atoms with Crippen LogP contribution in [0.1, 0.15) is 11.1 Å². The quantitative estimate of drug-likeness (QED) is 0.627. The molecule has 0 bridgehead atoms. The van der Waals surface area contributed by atoms with Crippen molar-refractivity contribution in [3.05, 3.63) is 58.2 Å². The van der Waals surface area contributed by atoms with Gasteiger partial charge in [-0.15, -0.1) is 0 Å². The summed E-state index contributed by atoms with van der Waals surface area (Å²) >= 11 is 5.19. The van der Waals surface area contributed by atoms with Crippen molar-refractivity contribution < 1.29 is 0 Å². The molecule has 0 unspecified atom stereocenters. The Morgan fingerprint density at radius 1 is 1.05 bits per heavy atom. The lowest BCUT2D eigenvalue weighted by Gasteiger charge is -2.10. The van der Waals surface area contributed by atoms with Crippen LogP contribution in [-0.2, 0) is 0 Å². The number of fused-ring (bicyclic) bond motifs is 1. The van der Waals surface area contributed by atoms with Crippen LogP contribution in [0.3, 0.4) is 0 Å². The molecule has 0 fully saturated rings. The highest BCUT2D eigenvalue weighted by Crippen LogP contribution is 2.37. The fourth-order valence-electron chi connectivity index (χ4n) is 2.30. The van der Waals surface area contributed by atoms with Crippen molar-refractivity contribution in [3.8, 4) is 0 Å². The molecule has 0 amide bonds. The van der Waals surface area contributed by atoms with Gasteiger partial charge in [-0.3, -0.25) is 4.98 Å². The molecule has 106 valence electrons. The third-order valence-electron chi connectivity index (χ3n) is 3.36. The van der Waals surface area contributed by atoms with Gasteiger partial charge in [0.15, 0.2) is 0 Å². The SMILES string of the molecule is Cc1ccc(Sc2ccc(N)c3cc(Br)cnc23)c(C)c1. The molecule has 0 saturated carbocycles. The Balaban J connectivity index is 2.11. The Bertz CT molecular complexity index is 830. The second-order valence-corrected chi connectivity index (χ2v) is 7.07. The zero-order chi connectivity index (χ0) is 15.0. The number of benzene rings is 2. The molecular formula is C17H15BrN2S. The monoisotopic (exact) mass is 358 g/mol. The van der Waals surface area contributed by atoms with Crippen LogP contribution in [0, 0.1) is 13.8 Å². The molecule has 3 rings (SSSR count). The topological polar surface area (TPSA) is 38.9 Å². The highest BCUT2D eigenvalue weighted by atomic mass is 79.9. The van der Waals surface area contributed by atoms with Crippen LogP contribution in [0.4, 0.5) is 5.69 Å². The fraction of sp³-hybridized carbons (Fsp3) is 0.118. The van der Waals surface area contributed by atoms with Crippen molar-refractivity contribution in [3.63, 3.8) is 0 Å². The maximum atomic E-state index is 6.07. The van der Waals surface area contributed by atoms with Crippen LogP contribution in [0.15, 0.2) is 56.9 Å². The van der Waals surface area contributed by atoms with Crippen LogP contribution < -0.4 is 5.73 Å². The predicted octanol–water partition coefficient (Wildman–Crippen LogP) is 5.35. The number of aromatic nitrogens is 1. The van der Waals surface area contributed by atoms with Crippen LogP contribution in [-0.4, -0.2) is 4.98 Å². The normalized spacial score (nSPS) is 11.0. The van der Waals surface area contributed by atoms with E-state index in [-0.39, 0.29) is 0 Å². The Kier molecular flexibility index (Phi) is 3.91. The molecule has 3 aromatic rings. The summed E-state index contributed by atoms with van der Waals surface area (Å²) in [6.07, 6.45) is 1.81. The van der Waals surface area contributed by atoms with Gasteiger partial charge in [-0.2, -0.15) is 0 Å². The fourth-order valence-corrected chi connectivity index (χ4v) is 3.62. The molecule has 0 aliphatic heterocycles. The van der Waals surface area contributed by atoms with Crippen molar-refractivity contribution in [2.24, 2.45) is 0 Å². The summed E-state index contributed by atoms with van der Waals surface area (Å²) in [4.78, 5) is 6.91. The second-order valence-electron chi connectivity index (χ2n) is 5.07. The van der Waals surface area contributed by atoms with E-state index in [0.717, 1.165) is 26.0 Å². The molecule has 0 aliphatic rings. The molecular weight excluding hydrogens is 344 g/mol. The number of nitrogens with two attached hydrogens (primary N) is 1. The number of hydrogen-bond donors (Lipinski definition) is 1. The predicted molar refractivity (Wildman–Crippen MR) is 93.9 cm³/mol. The number of pyridine rings is 1. The van der Waals surface area contributed by atoms with Gasteiger partial charge in [-0.1, -0.05) is 29.5 Å². The third-order valence-corrected chi connectivity index (χ3v) is 5.02. The van der Waals surface area contributed by atoms with Crippen LogP contribution >= 0.6 is 27.7 Å². The summed E-state index contributed by atoms with van der Waals surface area (Å²) in [6, 6.07) is 12.5. The van der Waals surface area contributed by atoms with E-state index in [1.807, 2.05) is 24.4 Å². The summed E-state index contributed by atoms with van der Waals surface area (Å²) in [7, 11) is 0. The second kappa shape index (κ2) is 5.70. The van der Waals surface area contributed by atoms with Crippen LogP contribution in [0.25, 0.3) is 10.9 Å². The smallest absolute Gasteiger partial charge is 0.0862 e. The van der Waals surface area contributed by atoms with E-state index in [1.165, 1.54) is 16.0 Å². The van der Waals surface area contributed by atoms with Gasteiger partial charge in [-0.05, 0) is 59.6 Å². The minimum absolute atomic E-state index is 0.753. The lowest BCUT2D eigenvalue weighted by atomic mass is 10.2. The Morgan fingerprint density at radius 2 is 1.81 bits per heavy atom. The molecule has 0 aliphatic carbocycles. The summed E-state index contributed by atoms with van der Waals surface area (Å²) in [5.74, 6) is 0. The lowest BCUT2D eigenvalue weighted by molar-refractivity contribution is 1.26. The van der Waals surface area contributed by atoms with E-state index < -0.39 is 0 Å². The van der Waals surface area contributed by atoms with Gasteiger partial charge in [0.2, 0.25) is 0 Å². The molecule has 1 heterocycles. The number of nitrogen functional groups attached to an aromatic ring is 1. The van der Waals surface area contributed by atoms with Gasteiger partial charge < -0.3 is 5.73 Å². The number of aryl methyl sites for hydroxylation is 2. The number of anilines is 1. The maximum Gasteiger partial charge on any atom is 0.0862 e. The van der Waals surface area contributed by atoms with Gasteiger partial charge in [-0.25, -0.2) is 0 Å². The molecule has 0 spiro atoms. The average Bonchev–Trinajstić information content (AvgIpc) is 2.45. The Hall–Kier alpha value is -1.52. The Labute approximate surface area is 136 Å². The van der Waals surface area contributed by atoms with Gasteiger partial charge in [0.05, 0.1) is 5.52 Å². The first-order valence-electron chi connectivity index (χ1n) is 6.63. The highest BCUT2D eigenvalue weighted by Gasteiger charge is 2.09. The number of hydrogen-bond acceptors (Lipinski definition) is 3. The van der Waals surface area contributed by atoms with Crippen LogP contribution in [0.2, 0.25) is 0 Å². The molecule has 2 nitrogen and oxygen atoms in total. The van der Waals surface area contributed by atoms with Gasteiger partial charge in [0.1, 0.15) is 0 Å². The van der Waals surface area contributed by atoms with E-state index in [4.69, 9.17) is 5.73 Å². The third kappa shape index (κ3) is 2.92. The first kappa shape index (κ1) is 14.4. The first-order chi connectivity index (χ1) is 10.0. The summed E-state index contributed by atoms with van der Waals surface area (Å²) in [5, 5.41) is 0.985. The molecule has 4 heteroatoms. The van der Waals surface area contributed by atoms with Crippen LogP contribution in [0.5, 0.6) is 0 Å². The number of halogens is 1. The van der Waals surface area contributed by atoms with Crippen molar-refractivity contribution in [2.45, 2.75) is 23.6 Å². The van der Waals surface area contributed by atoms with Crippen molar-refractivity contribution in [1.29, 1.82) is 0 Å². The highest BCUT2D eigenvalue weighted by molar-refractivity contribution is 9.10. The molecule has 2 aromatic carbocycles. The number of nitrogens with zero attached hydrogens (tertiary/aromatic N) is 1. The van der Waals surface area contributed by atoms with Crippen molar-refractivity contribution >= 4 is 44.3 Å². The molecule has 0 saturated heterocycles.